The van der Waals surface area contributed by atoms with Gasteiger partial charge in [-0.2, -0.15) is 4.58 Å². The molecule has 3 aliphatic rings. The van der Waals surface area contributed by atoms with E-state index in [1.165, 1.54) is 0 Å². The molecule has 1 aliphatic heterocycles. The van der Waals surface area contributed by atoms with Gasteiger partial charge < -0.3 is 24.2 Å². The topological polar surface area (TPSA) is 94.4 Å². The van der Waals surface area contributed by atoms with E-state index in [1.807, 2.05) is 72.8 Å². The normalized spacial score (nSPS) is 19.0. The molecule has 1 heterocycles. The van der Waals surface area contributed by atoms with Gasteiger partial charge in [0.2, 0.25) is 11.4 Å². The van der Waals surface area contributed by atoms with E-state index in [0.717, 1.165) is 60.8 Å². The van der Waals surface area contributed by atoms with E-state index in [2.05, 4.69) is 55.9 Å². The van der Waals surface area contributed by atoms with Crippen molar-refractivity contribution in [1.29, 1.82) is 0 Å². The van der Waals surface area contributed by atoms with Crippen molar-refractivity contribution in [3.05, 3.63) is 121 Å². The van der Waals surface area contributed by atoms with E-state index >= 15 is 0 Å². The van der Waals surface area contributed by atoms with Crippen molar-refractivity contribution in [3.8, 4) is 11.5 Å². The Morgan fingerprint density at radius 3 is 1.96 bits per heavy atom. The Hall–Kier alpha value is -5.21. The molecular formula is C45H50N2O6. The van der Waals surface area contributed by atoms with Gasteiger partial charge in [0.15, 0.2) is 11.8 Å². The summed E-state index contributed by atoms with van der Waals surface area (Å²) in [4.78, 5) is 27.9. The van der Waals surface area contributed by atoms with Crippen LogP contribution in [-0.4, -0.2) is 53.4 Å². The number of allylic oxidation sites excluding steroid dienone is 6. The minimum Gasteiger partial charge on any atom is -0.874 e. The molecule has 1 fully saturated rings. The third-order valence-electron chi connectivity index (χ3n) is 10.4. The van der Waals surface area contributed by atoms with Crippen LogP contribution < -0.4 is 19.5 Å². The SMILES string of the molecule is C=C(C)C(=O)Oc1ccc([N+](=C2C=CC(C3C(=O)C(c4ccc(N(c5ccc(OCC6CO6)cc5)C(CC)CC)cc4)=C3[O-])C=C2)C(CC)CC)cc1. The summed E-state index contributed by atoms with van der Waals surface area (Å²) in [6, 6.07) is 23.9. The Bertz CT molecular complexity index is 1910. The van der Waals surface area contributed by atoms with Crippen LogP contribution >= 0.6 is 0 Å². The maximum Gasteiger partial charge on any atom is 0.338 e. The molecule has 2 atom stereocenters. The number of carbonyl (C=O) groups is 2. The van der Waals surface area contributed by atoms with E-state index < -0.39 is 11.9 Å². The number of hydrogen-bond acceptors (Lipinski definition) is 7. The van der Waals surface area contributed by atoms with Gasteiger partial charge in [-0.1, -0.05) is 58.6 Å². The molecule has 0 N–H and O–H groups in total. The largest absolute Gasteiger partial charge is 0.874 e. The first-order valence-corrected chi connectivity index (χ1v) is 18.9. The fraction of sp³-hybridized carbons (Fsp3) is 0.356. The number of Topliss-reactive ketones (excluding diaryl/α,β-unsaturated/α-hetero) is 1. The molecule has 8 nitrogen and oxygen atoms in total. The molecule has 53 heavy (non-hydrogen) atoms. The summed E-state index contributed by atoms with van der Waals surface area (Å²) in [5, 5.41) is 13.6. The molecule has 8 heteroatoms. The van der Waals surface area contributed by atoms with E-state index in [0.29, 0.717) is 23.5 Å². The summed E-state index contributed by atoms with van der Waals surface area (Å²) in [7, 11) is 0. The van der Waals surface area contributed by atoms with Gasteiger partial charge in [0.25, 0.3) is 0 Å². The highest BCUT2D eigenvalue weighted by Gasteiger charge is 2.39. The summed E-state index contributed by atoms with van der Waals surface area (Å²) in [5.74, 6) is -0.476. The first-order valence-electron chi connectivity index (χ1n) is 18.9. The summed E-state index contributed by atoms with van der Waals surface area (Å²) >= 11 is 0. The number of carbonyl (C=O) groups excluding carboxylic acids is 2. The quantitative estimate of drug-likeness (QED) is 0.0485. The molecule has 0 aromatic heterocycles. The second kappa shape index (κ2) is 16.6. The standard InChI is InChI=1S/C45H50N2O6/c1-7-32(8-2)46(36-19-23-38(24-20-36)51-27-40-28-52-40)34-15-11-30(12-16-34)41-43(48)42(44(41)49)31-13-17-35(18-14-31)47(33(9-3)10-4)37-21-25-39(26-22-37)53-45(50)29(5)6/h11-26,31-33,40,42H,5,7-10,27-28H2,1-4,6H3. The van der Waals surface area contributed by atoms with Crippen molar-refractivity contribution >= 4 is 40.1 Å². The number of rotatable bonds is 16. The van der Waals surface area contributed by atoms with Crippen LogP contribution in [0.25, 0.3) is 5.57 Å². The zero-order valence-corrected chi connectivity index (χ0v) is 31.4. The molecule has 0 amide bonds. The first kappa shape index (κ1) is 37.5. The lowest BCUT2D eigenvalue weighted by molar-refractivity contribution is -0.484. The number of hydrogen-bond donors (Lipinski definition) is 0. The predicted octanol–water partition coefficient (Wildman–Crippen LogP) is 8.26. The Kier molecular flexibility index (Phi) is 11.8. The molecule has 0 saturated carbocycles. The van der Waals surface area contributed by atoms with Crippen molar-refractivity contribution < 1.29 is 33.5 Å². The number of anilines is 2. The summed E-state index contributed by atoms with van der Waals surface area (Å²) in [5.41, 5.74) is 5.26. The monoisotopic (exact) mass is 714 g/mol. The Balaban J connectivity index is 1.19. The predicted molar refractivity (Wildman–Crippen MR) is 208 cm³/mol. The van der Waals surface area contributed by atoms with Gasteiger partial charge in [0, 0.05) is 77.5 Å². The number of ether oxygens (including phenoxy) is 3. The summed E-state index contributed by atoms with van der Waals surface area (Å²) in [6.45, 7) is 15.3. The van der Waals surface area contributed by atoms with Crippen LogP contribution in [-0.2, 0) is 14.3 Å². The second-order valence-corrected chi connectivity index (χ2v) is 14.0. The molecule has 0 spiro atoms. The molecule has 0 radical (unpaired) electrons. The molecule has 276 valence electrons. The molecule has 2 unspecified atom stereocenters. The van der Waals surface area contributed by atoms with Gasteiger partial charge >= 0.3 is 5.97 Å². The van der Waals surface area contributed by atoms with Gasteiger partial charge in [-0.25, -0.2) is 4.79 Å². The number of esters is 1. The minimum atomic E-state index is -0.726. The maximum atomic E-state index is 13.6. The van der Waals surface area contributed by atoms with Gasteiger partial charge in [-0.05, 0) is 73.9 Å². The zero-order valence-electron chi connectivity index (χ0n) is 31.4. The summed E-state index contributed by atoms with van der Waals surface area (Å²) in [6.07, 6.45) is 11.9. The van der Waals surface area contributed by atoms with Crippen LogP contribution in [0.3, 0.4) is 0 Å². The average molecular weight is 715 g/mol. The van der Waals surface area contributed by atoms with Crippen LogP contribution in [0.4, 0.5) is 17.1 Å². The van der Waals surface area contributed by atoms with E-state index in [1.54, 1.807) is 19.1 Å². The molecule has 0 bridgehead atoms. The molecule has 1 saturated heterocycles. The van der Waals surface area contributed by atoms with Crippen LogP contribution in [0.2, 0.25) is 0 Å². The molecule has 6 rings (SSSR count). The third kappa shape index (κ3) is 8.23. The van der Waals surface area contributed by atoms with Crippen LogP contribution in [0.1, 0.15) is 65.9 Å². The lowest BCUT2D eigenvalue weighted by Crippen LogP contribution is -2.41. The van der Waals surface area contributed by atoms with Gasteiger partial charge in [0.05, 0.1) is 6.61 Å². The van der Waals surface area contributed by atoms with E-state index in [-0.39, 0.29) is 41.2 Å². The zero-order chi connectivity index (χ0) is 37.6. The Labute approximate surface area is 313 Å². The van der Waals surface area contributed by atoms with Crippen LogP contribution in [0, 0.1) is 11.8 Å². The lowest BCUT2D eigenvalue weighted by atomic mass is 9.71. The van der Waals surface area contributed by atoms with Gasteiger partial charge in [-0.3, -0.25) is 4.79 Å². The van der Waals surface area contributed by atoms with Crippen molar-refractivity contribution in [3.63, 3.8) is 0 Å². The van der Waals surface area contributed by atoms with Gasteiger partial charge in [0.1, 0.15) is 24.2 Å². The molecule has 3 aromatic carbocycles. The average Bonchev–Trinajstić information content (AvgIpc) is 4.01. The van der Waals surface area contributed by atoms with Gasteiger partial charge in [-0.15, -0.1) is 5.76 Å². The second-order valence-electron chi connectivity index (χ2n) is 14.0. The molecular weight excluding hydrogens is 665 g/mol. The van der Waals surface area contributed by atoms with Crippen LogP contribution in [0.5, 0.6) is 11.5 Å². The van der Waals surface area contributed by atoms with Crippen molar-refractivity contribution in [2.45, 2.75) is 78.5 Å². The van der Waals surface area contributed by atoms with E-state index in [9.17, 15) is 14.7 Å². The van der Waals surface area contributed by atoms with Crippen molar-refractivity contribution in [2.75, 3.05) is 18.1 Å². The minimum absolute atomic E-state index is 0.119. The number of benzene rings is 3. The summed E-state index contributed by atoms with van der Waals surface area (Å²) < 4.78 is 18.8. The smallest absolute Gasteiger partial charge is 0.338 e. The van der Waals surface area contributed by atoms with Crippen LogP contribution in [0.15, 0.2) is 115 Å². The molecule has 2 aliphatic carbocycles. The third-order valence-corrected chi connectivity index (χ3v) is 10.4. The molecule has 3 aromatic rings. The highest BCUT2D eigenvalue weighted by Crippen LogP contribution is 2.42. The Morgan fingerprint density at radius 1 is 0.887 bits per heavy atom. The Morgan fingerprint density at radius 2 is 1.45 bits per heavy atom. The maximum absolute atomic E-state index is 13.6. The highest BCUT2D eigenvalue weighted by atomic mass is 16.6. The lowest BCUT2D eigenvalue weighted by Gasteiger charge is -2.40. The number of ketones is 1. The highest BCUT2D eigenvalue weighted by molar-refractivity contribution is 6.29. The number of nitrogens with zero attached hydrogens (tertiary/aromatic N) is 2. The van der Waals surface area contributed by atoms with Crippen molar-refractivity contribution in [1.82, 2.24) is 0 Å². The fourth-order valence-electron chi connectivity index (χ4n) is 7.19. The van der Waals surface area contributed by atoms with Crippen molar-refractivity contribution in [2.24, 2.45) is 11.8 Å². The fourth-order valence-corrected chi connectivity index (χ4v) is 7.19. The first-order chi connectivity index (χ1) is 25.7. The van der Waals surface area contributed by atoms with E-state index in [4.69, 9.17) is 14.2 Å². The number of epoxide rings is 1.